The van der Waals surface area contributed by atoms with Crippen molar-refractivity contribution in [3.05, 3.63) is 71.2 Å². The van der Waals surface area contributed by atoms with E-state index in [1.54, 1.807) is 0 Å². The van der Waals surface area contributed by atoms with Gasteiger partial charge >= 0.3 is 5.76 Å². The third-order valence-corrected chi connectivity index (χ3v) is 4.38. The minimum Gasteiger partial charge on any atom is -0.407 e. The van der Waals surface area contributed by atoms with Crippen LogP contribution in [0.2, 0.25) is 0 Å². The fourth-order valence-electron chi connectivity index (χ4n) is 3.17. The number of hydrogen-bond donors (Lipinski definition) is 2. The van der Waals surface area contributed by atoms with E-state index in [0.717, 1.165) is 11.1 Å². The molecule has 6 nitrogen and oxygen atoms in total. The minimum atomic E-state index is -0.783. The van der Waals surface area contributed by atoms with Crippen molar-refractivity contribution in [1.82, 2.24) is 9.88 Å². The van der Waals surface area contributed by atoms with Crippen molar-refractivity contribution in [3.63, 3.8) is 0 Å². The average Bonchev–Trinajstić information content (AvgIpc) is 2.98. The summed E-state index contributed by atoms with van der Waals surface area (Å²) in [6.07, 6.45) is 0. The van der Waals surface area contributed by atoms with Gasteiger partial charge in [-0.25, -0.2) is 4.79 Å². The highest BCUT2D eigenvalue weighted by molar-refractivity contribution is 5.89. The topological polar surface area (TPSA) is 84.5 Å². The predicted octanol–water partition coefficient (Wildman–Crippen LogP) is 1.81. The van der Waals surface area contributed by atoms with Crippen molar-refractivity contribution in [2.24, 2.45) is 0 Å². The van der Waals surface area contributed by atoms with E-state index < -0.39 is 17.8 Å². The third kappa shape index (κ3) is 2.47. The maximum Gasteiger partial charge on any atom is 0.420 e. The minimum absolute atomic E-state index is 0.247. The molecular weight excluding hydrogens is 320 g/mol. The van der Waals surface area contributed by atoms with Gasteiger partial charge in [-0.15, -0.1) is 0 Å². The van der Waals surface area contributed by atoms with Gasteiger partial charge < -0.3 is 14.8 Å². The van der Waals surface area contributed by atoms with E-state index in [1.165, 1.54) is 4.57 Å². The number of aliphatic hydroxyl groups excluding tert-OH is 1. The molecule has 1 saturated heterocycles. The van der Waals surface area contributed by atoms with Crippen molar-refractivity contribution in [2.45, 2.75) is 12.1 Å². The quantitative estimate of drug-likeness (QED) is 0.712. The Hall–Kier alpha value is -3.12. The Morgan fingerprint density at radius 3 is 2.12 bits per heavy atom. The summed E-state index contributed by atoms with van der Waals surface area (Å²) in [5.74, 6) is -0.511. The highest BCUT2D eigenvalue weighted by Gasteiger charge is 2.43. The van der Waals surface area contributed by atoms with Crippen LogP contribution in [0.4, 0.5) is 0 Å². The molecule has 0 unspecified atom stereocenters. The predicted molar refractivity (Wildman–Crippen MR) is 91.9 cm³/mol. The van der Waals surface area contributed by atoms with Gasteiger partial charge in [0.1, 0.15) is 6.04 Å². The van der Waals surface area contributed by atoms with Crippen LogP contribution in [0.5, 0.6) is 0 Å². The van der Waals surface area contributed by atoms with E-state index in [-0.39, 0.29) is 12.5 Å². The van der Waals surface area contributed by atoms with Crippen LogP contribution < -0.4 is 11.1 Å². The summed E-state index contributed by atoms with van der Waals surface area (Å²) in [5.41, 5.74) is 2.05. The first-order valence-electron chi connectivity index (χ1n) is 7.98. The molecular formula is C19H16N2O4. The number of nitrogens with zero attached hydrogens (tertiary/aromatic N) is 1. The van der Waals surface area contributed by atoms with Gasteiger partial charge in [0.2, 0.25) is 5.91 Å². The molecule has 2 heterocycles. The number of β-lactam (4-membered cyclic amide) rings is 1. The Bertz CT molecular complexity index is 960. The number of rotatable bonds is 4. The van der Waals surface area contributed by atoms with Crippen LogP contribution in [0.15, 0.2) is 69.9 Å². The van der Waals surface area contributed by atoms with E-state index in [1.807, 2.05) is 60.7 Å². The molecule has 2 aromatic carbocycles. The van der Waals surface area contributed by atoms with Gasteiger partial charge in [-0.05, 0) is 0 Å². The molecule has 0 spiro atoms. The van der Waals surface area contributed by atoms with Crippen LogP contribution in [0.25, 0.3) is 22.6 Å². The zero-order valence-electron chi connectivity index (χ0n) is 13.3. The van der Waals surface area contributed by atoms with Crippen LogP contribution in [0.3, 0.4) is 0 Å². The van der Waals surface area contributed by atoms with Crippen molar-refractivity contribution < 1.29 is 14.3 Å². The molecule has 1 fully saturated rings. The summed E-state index contributed by atoms with van der Waals surface area (Å²) in [6.45, 7) is -0.247. The number of amides is 1. The maximum absolute atomic E-state index is 12.6. The Morgan fingerprint density at radius 1 is 0.960 bits per heavy atom. The SMILES string of the molecule is O=C1N[C@@H](CO)[C@H]1n1c(-c2ccccc2)c(-c2ccccc2)oc1=O. The molecule has 0 radical (unpaired) electrons. The summed E-state index contributed by atoms with van der Waals surface area (Å²) in [7, 11) is 0. The normalized spacial score (nSPS) is 19.3. The van der Waals surface area contributed by atoms with Gasteiger partial charge in [0.15, 0.2) is 5.76 Å². The fraction of sp³-hybridized carbons (Fsp3) is 0.158. The van der Waals surface area contributed by atoms with E-state index >= 15 is 0 Å². The zero-order chi connectivity index (χ0) is 17.4. The first kappa shape index (κ1) is 15.4. The van der Waals surface area contributed by atoms with Crippen LogP contribution in [0.1, 0.15) is 6.04 Å². The lowest BCUT2D eigenvalue weighted by molar-refractivity contribution is -0.135. The Balaban J connectivity index is 1.97. The molecule has 6 heteroatoms. The first-order valence-corrected chi connectivity index (χ1v) is 7.98. The lowest BCUT2D eigenvalue weighted by Gasteiger charge is -2.36. The van der Waals surface area contributed by atoms with Crippen LogP contribution >= 0.6 is 0 Å². The van der Waals surface area contributed by atoms with Crippen molar-refractivity contribution in [3.8, 4) is 22.6 Å². The number of hydrogen-bond acceptors (Lipinski definition) is 4. The second-order valence-corrected chi connectivity index (χ2v) is 5.89. The molecule has 4 rings (SSSR count). The molecule has 2 N–H and O–H groups in total. The van der Waals surface area contributed by atoms with Crippen LogP contribution in [0, 0.1) is 0 Å². The largest absolute Gasteiger partial charge is 0.420 e. The summed E-state index contributed by atoms with van der Waals surface area (Å²) in [5, 5.41) is 12.1. The molecule has 1 aliphatic rings. The summed E-state index contributed by atoms with van der Waals surface area (Å²) in [6, 6.07) is 17.3. The highest BCUT2D eigenvalue weighted by Crippen LogP contribution is 2.35. The monoisotopic (exact) mass is 336 g/mol. The number of aliphatic hydroxyl groups is 1. The lowest BCUT2D eigenvalue weighted by atomic mass is 9.97. The smallest absolute Gasteiger partial charge is 0.407 e. The number of oxazole rings is 1. The van der Waals surface area contributed by atoms with Gasteiger partial charge in [0.05, 0.1) is 18.3 Å². The third-order valence-electron chi connectivity index (χ3n) is 4.38. The fourth-order valence-corrected chi connectivity index (χ4v) is 3.17. The molecule has 25 heavy (non-hydrogen) atoms. The Morgan fingerprint density at radius 2 is 1.56 bits per heavy atom. The van der Waals surface area contributed by atoms with Crippen molar-refractivity contribution in [1.29, 1.82) is 0 Å². The van der Waals surface area contributed by atoms with Crippen molar-refractivity contribution in [2.75, 3.05) is 6.61 Å². The standard InChI is InChI=1S/C19H16N2O4/c22-11-14-16(18(23)20-14)21-15(12-7-3-1-4-8-12)17(25-19(21)24)13-9-5-2-6-10-13/h1-10,14,16,22H,11H2,(H,20,23)/t14-,16+/m0/s1. The number of carbonyl (C=O) groups is 1. The first-order chi connectivity index (χ1) is 12.2. The molecule has 0 saturated carbocycles. The van der Waals surface area contributed by atoms with E-state index in [4.69, 9.17) is 4.42 Å². The molecule has 0 aliphatic carbocycles. The van der Waals surface area contributed by atoms with Crippen LogP contribution in [-0.4, -0.2) is 28.2 Å². The number of benzene rings is 2. The molecule has 0 bridgehead atoms. The lowest BCUT2D eigenvalue weighted by Crippen LogP contribution is -2.61. The molecule has 1 aromatic heterocycles. The molecule has 2 atom stereocenters. The molecule has 1 amide bonds. The summed E-state index contributed by atoms with van der Waals surface area (Å²) >= 11 is 0. The Labute approximate surface area is 143 Å². The molecule has 3 aromatic rings. The maximum atomic E-state index is 12.6. The van der Waals surface area contributed by atoms with Gasteiger partial charge in [-0.3, -0.25) is 9.36 Å². The molecule has 1 aliphatic heterocycles. The second kappa shape index (κ2) is 6.07. The average molecular weight is 336 g/mol. The van der Waals surface area contributed by atoms with E-state index in [9.17, 15) is 14.7 Å². The van der Waals surface area contributed by atoms with E-state index in [0.29, 0.717) is 11.5 Å². The summed E-state index contributed by atoms with van der Waals surface area (Å²) < 4.78 is 6.87. The zero-order valence-corrected chi connectivity index (χ0v) is 13.3. The number of nitrogens with one attached hydrogen (secondary N) is 1. The van der Waals surface area contributed by atoms with Crippen molar-refractivity contribution >= 4 is 5.91 Å². The van der Waals surface area contributed by atoms with Gasteiger partial charge in [0, 0.05) is 11.1 Å². The Kier molecular flexibility index (Phi) is 3.74. The second-order valence-electron chi connectivity index (χ2n) is 5.89. The number of aromatic nitrogens is 1. The summed E-state index contributed by atoms with van der Waals surface area (Å²) in [4.78, 5) is 24.6. The van der Waals surface area contributed by atoms with Gasteiger partial charge in [-0.2, -0.15) is 0 Å². The molecule has 126 valence electrons. The number of carbonyl (C=O) groups excluding carboxylic acids is 1. The van der Waals surface area contributed by atoms with Crippen LogP contribution in [-0.2, 0) is 4.79 Å². The van der Waals surface area contributed by atoms with E-state index in [2.05, 4.69) is 5.32 Å². The highest BCUT2D eigenvalue weighted by atomic mass is 16.4. The van der Waals surface area contributed by atoms with Gasteiger partial charge in [-0.1, -0.05) is 60.7 Å². The van der Waals surface area contributed by atoms with Gasteiger partial charge in [0.25, 0.3) is 0 Å².